The molecule has 5 heteroatoms. The van der Waals surface area contributed by atoms with E-state index in [1.165, 1.54) is 0 Å². The Morgan fingerprint density at radius 3 is 2.57 bits per heavy atom. The van der Waals surface area contributed by atoms with E-state index in [1.54, 1.807) is 0 Å². The third-order valence-electron chi connectivity index (χ3n) is 1.75. The summed E-state index contributed by atoms with van der Waals surface area (Å²) in [5, 5.41) is 5.92. The molecule has 1 heterocycles. The zero-order chi connectivity index (χ0) is 9.90. The number of carbonyl (C=O) groups is 1. The highest BCUT2D eigenvalue weighted by atomic mass is 35.5. The molecule has 1 amide bonds. The number of rotatable bonds is 1. The molecular weight excluding hydrogens is 204 g/mol. The van der Waals surface area contributed by atoms with Crippen molar-refractivity contribution in [1.29, 1.82) is 0 Å². The van der Waals surface area contributed by atoms with Crippen LogP contribution >= 0.6 is 12.4 Å². The molecule has 0 aromatic carbocycles. The van der Waals surface area contributed by atoms with Crippen LogP contribution in [0.4, 0.5) is 4.79 Å². The molecule has 1 unspecified atom stereocenters. The van der Waals surface area contributed by atoms with Crippen molar-refractivity contribution in [3.63, 3.8) is 0 Å². The molecule has 2 N–H and O–H groups in total. The van der Waals surface area contributed by atoms with Crippen LogP contribution in [0.2, 0.25) is 0 Å². The second-order valence-electron chi connectivity index (χ2n) is 4.30. The first-order valence-corrected chi connectivity index (χ1v) is 4.70. The molecule has 1 aliphatic heterocycles. The summed E-state index contributed by atoms with van der Waals surface area (Å²) >= 11 is 0. The normalized spacial score (nSPS) is 21.2. The van der Waals surface area contributed by atoms with Crippen LogP contribution in [0.25, 0.3) is 0 Å². The maximum absolute atomic E-state index is 11.2. The maximum atomic E-state index is 11.2. The Balaban J connectivity index is 0.00000169. The fourth-order valence-electron chi connectivity index (χ4n) is 1.26. The first-order valence-electron chi connectivity index (χ1n) is 4.70. The summed E-state index contributed by atoms with van der Waals surface area (Å²) in [6.07, 6.45) is 1.85. The van der Waals surface area contributed by atoms with E-state index in [-0.39, 0.29) is 24.7 Å². The Morgan fingerprint density at radius 1 is 1.50 bits per heavy atom. The zero-order valence-electron chi connectivity index (χ0n) is 8.92. The van der Waals surface area contributed by atoms with E-state index >= 15 is 0 Å². The van der Waals surface area contributed by atoms with E-state index in [0.29, 0.717) is 0 Å². The smallest absolute Gasteiger partial charge is 0.408 e. The van der Waals surface area contributed by atoms with Crippen LogP contribution in [0.5, 0.6) is 0 Å². The quantitative estimate of drug-likeness (QED) is 0.709. The van der Waals surface area contributed by atoms with Gasteiger partial charge in [-0.3, -0.25) is 5.32 Å². The Labute approximate surface area is 91.2 Å². The molecule has 0 spiro atoms. The minimum atomic E-state index is -0.414. The lowest BCUT2D eigenvalue weighted by atomic mass is 10.2. The predicted octanol–water partition coefficient (Wildman–Crippen LogP) is 1.64. The molecular formula is C9H19ClN2O2. The topological polar surface area (TPSA) is 50.4 Å². The number of hydrogen-bond acceptors (Lipinski definition) is 3. The molecule has 1 saturated heterocycles. The van der Waals surface area contributed by atoms with Gasteiger partial charge in [-0.25, -0.2) is 4.79 Å². The highest BCUT2D eigenvalue weighted by molar-refractivity contribution is 5.85. The molecule has 1 atom stereocenters. The van der Waals surface area contributed by atoms with Crippen LogP contribution in [0.15, 0.2) is 0 Å². The summed E-state index contributed by atoms with van der Waals surface area (Å²) in [6.45, 7) is 6.54. The highest BCUT2D eigenvalue weighted by Gasteiger charge is 2.20. The molecule has 84 valence electrons. The lowest BCUT2D eigenvalue weighted by Gasteiger charge is -2.21. The van der Waals surface area contributed by atoms with E-state index in [2.05, 4.69) is 10.6 Å². The SMILES string of the molecule is CC(C)(C)OC(=O)NC1CCCN1.Cl. The Hall–Kier alpha value is -0.480. The van der Waals surface area contributed by atoms with Gasteiger partial charge in [0.05, 0.1) is 6.17 Å². The number of hydrogen-bond donors (Lipinski definition) is 2. The second kappa shape index (κ2) is 5.41. The Kier molecular flexibility index (Phi) is 5.23. The first kappa shape index (κ1) is 13.5. The van der Waals surface area contributed by atoms with Gasteiger partial charge in [-0.2, -0.15) is 0 Å². The number of nitrogens with one attached hydrogen (secondary N) is 2. The van der Waals surface area contributed by atoms with E-state index in [9.17, 15) is 4.79 Å². The first-order chi connectivity index (χ1) is 5.97. The van der Waals surface area contributed by atoms with Gasteiger partial charge in [0.15, 0.2) is 0 Å². The summed E-state index contributed by atoms with van der Waals surface area (Å²) < 4.78 is 5.11. The van der Waals surface area contributed by atoms with Crippen molar-refractivity contribution < 1.29 is 9.53 Å². The molecule has 0 aromatic rings. The lowest BCUT2D eigenvalue weighted by molar-refractivity contribution is 0.0500. The Bertz CT molecular complexity index is 186. The molecule has 0 bridgehead atoms. The van der Waals surface area contributed by atoms with Crippen LogP contribution in [-0.4, -0.2) is 24.4 Å². The van der Waals surface area contributed by atoms with Crippen LogP contribution in [0, 0.1) is 0 Å². The second-order valence-corrected chi connectivity index (χ2v) is 4.30. The van der Waals surface area contributed by atoms with Crippen molar-refractivity contribution in [1.82, 2.24) is 10.6 Å². The van der Waals surface area contributed by atoms with Crippen LogP contribution < -0.4 is 10.6 Å². The molecule has 0 aliphatic carbocycles. The monoisotopic (exact) mass is 222 g/mol. The summed E-state index contributed by atoms with van der Waals surface area (Å²) in [7, 11) is 0. The molecule has 0 radical (unpaired) electrons. The third-order valence-corrected chi connectivity index (χ3v) is 1.75. The number of alkyl carbamates (subject to hydrolysis) is 1. The standard InChI is InChI=1S/C9H18N2O2.ClH/c1-9(2,3)13-8(12)11-7-5-4-6-10-7;/h7,10H,4-6H2,1-3H3,(H,11,12);1H. The molecule has 1 fully saturated rings. The minimum Gasteiger partial charge on any atom is -0.444 e. The van der Waals surface area contributed by atoms with Gasteiger partial charge in [-0.1, -0.05) is 0 Å². The number of halogens is 1. The van der Waals surface area contributed by atoms with Gasteiger partial charge >= 0.3 is 6.09 Å². The van der Waals surface area contributed by atoms with Crippen molar-refractivity contribution in [2.24, 2.45) is 0 Å². The molecule has 4 nitrogen and oxygen atoms in total. The van der Waals surface area contributed by atoms with Crippen LogP contribution in [0.3, 0.4) is 0 Å². The van der Waals surface area contributed by atoms with Crippen molar-refractivity contribution in [2.45, 2.75) is 45.4 Å². The lowest BCUT2D eigenvalue weighted by Crippen LogP contribution is -2.43. The molecule has 0 saturated carbocycles. The maximum Gasteiger partial charge on any atom is 0.408 e. The fourth-order valence-corrected chi connectivity index (χ4v) is 1.26. The molecule has 0 aromatic heterocycles. The summed E-state index contributed by atoms with van der Waals surface area (Å²) in [5.74, 6) is 0. The number of ether oxygens (including phenoxy) is 1. The number of amides is 1. The summed E-state index contributed by atoms with van der Waals surface area (Å²) in [6, 6.07) is 0. The van der Waals surface area contributed by atoms with Gasteiger partial charge in [0.25, 0.3) is 0 Å². The summed E-state index contributed by atoms with van der Waals surface area (Å²) in [5.41, 5.74) is -0.414. The molecule has 1 rings (SSSR count). The van der Waals surface area contributed by atoms with Gasteiger partial charge < -0.3 is 10.1 Å². The van der Waals surface area contributed by atoms with E-state index in [4.69, 9.17) is 4.74 Å². The third kappa shape index (κ3) is 5.29. The van der Waals surface area contributed by atoms with Crippen LogP contribution in [-0.2, 0) is 4.74 Å². The van der Waals surface area contributed by atoms with E-state index < -0.39 is 5.60 Å². The highest BCUT2D eigenvalue weighted by Crippen LogP contribution is 2.08. The van der Waals surface area contributed by atoms with Crippen molar-refractivity contribution >= 4 is 18.5 Å². The molecule has 14 heavy (non-hydrogen) atoms. The average Bonchev–Trinajstić information content (AvgIpc) is 2.34. The largest absolute Gasteiger partial charge is 0.444 e. The minimum absolute atomic E-state index is 0. The van der Waals surface area contributed by atoms with Crippen molar-refractivity contribution in [2.75, 3.05) is 6.54 Å². The van der Waals surface area contributed by atoms with Crippen molar-refractivity contribution in [3.05, 3.63) is 0 Å². The van der Waals surface area contributed by atoms with Crippen molar-refractivity contribution in [3.8, 4) is 0 Å². The van der Waals surface area contributed by atoms with E-state index in [0.717, 1.165) is 19.4 Å². The number of carbonyl (C=O) groups excluding carboxylic acids is 1. The van der Waals surface area contributed by atoms with Gasteiger partial charge in [0, 0.05) is 0 Å². The summed E-state index contributed by atoms with van der Waals surface area (Å²) in [4.78, 5) is 11.2. The van der Waals surface area contributed by atoms with Gasteiger partial charge in [0.1, 0.15) is 5.60 Å². The van der Waals surface area contributed by atoms with Crippen LogP contribution in [0.1, 0.15) is 33.6 Å². The zero-order valence-corrected chi connectivity index (χ0v) is 9.74. The van der Waals surface area contributed by atoms with Gasteiger partial charge in [-0.05, 0) is 40.2 Å². The average molecular weight is 223 g/mol. The molecule has 1 aliphatic rings. The Morgan fingerprint density at radius 2 is 2.14 bits per heavy atom. The van der Waals surface area contributed by atoms with E-state index in [1.807, 2.05) is 20.8 Å². The fraction of sp³-hybridized carbons (Fsp3) is 0.889. The van der Waals surface area contributed by atoms with Gasteiger partial charge in [-0.15, -0.1) is 12.4 Å². The van der Waals surface area contributed by atoms with Gasteiger partial charge in [0.2, 0.25) is 0 Å². The predicted molar refractivity (Wildman–Crippen MR) is 57.6 cm³/mol.